The smallest absolute Gasteiger partial charge is 0.0218 e. The topological polar surface area (TPSA) is 0 Å². The Morgan fingerprint density at radius 2 is 1.17 bits per heavy atom. The van der Waals surface area contributed by atoms with E-state index in [1.165, 1.54) is 77.0 Å². The largest absolute Gasteiger partial charge is 0.0617 e. The van der Waals surface area contributed by atoms with Crippen molar-refractivity contribution in [2.45, 2.75) is 132 Å². The minimum absolute atomic E-state index is 0.560. The van der Waals surface area contributed by atoms with Gasteiger partial charge in [0.15, 0.2) is 0 Å². The Labute approximate surface area is 188 Å². The zero-order valence-corrected chi connectivity index (χ0v) is 21.8. The van der Waals surface area contributed by atoms with Crippen molar-refractivity contribution < 1.29 is 0 Å². The molecule has 5 aliphatic rings. The summed E-state index contributed by atoms with van der Waals surface area (Å²) in [7, 11) is 0. The molecule has 5 fully saturated rings. The molecule has 0 heteroatoms. The molecule has 5 rings (SSSR count). The quantitative estimate of drug-likeness (QED) is 0.372. The molecule has 0 aliphatic heterocycles. The molecule has 0 saturated heterocycles. The van der Waals surface area contributed by atoms with E-state index < -0.39 is 0 Å². The van der Waals surface area contributed by atoms with E-state index in [1.54, 1.807) is 0 Å². The lowest BCUT2D eigenvalue weighted by Crippen LogP contribution is -2.64. The molecule has 0 unspecified atom stereocenters. The highest BCUT2D eigenvalue weighted by molar-refractivity contribution is 5.17. The van der Waals surface area contributed by atoms with Crippen LogP contribution in [0.2, 0.25) is 0 Å². The minimum atomic E-state index is 0.560. The molecule has 0 N–H and O–H groups in total. The maximum Gasteiger partial charge on any atom is -0.0218 e. The SMILES string of the molecule is C[C@H]1[C@H]2CC[C@@H]3[C@@H]4CC(C)(C)CC[C@]4(C)CC[C@@]3(C)[C@]2(C)CC[C@@]12CCCC2(C)C. The zero-order valence-electron chi connectivity index (χ0n) is 21.8. The van der Waals surface area contributed by atoms with E-state index in [1.807, 2.05) is 0 Å². The van der Waals surface area contributed by atoms with Crippen LogP contribution in [0.15, 0.2) is 0 Å². The summed E-state index contributed by atoms with van der Waals surface area (Å²) >= 11 is 0. The van der Waals surface area contributed by atoms with E-state index in [0.29, 0.717) is 32.5 Å². The Bertz CT molecular complexity index is 701. The Morgan fingerprint density at radius 1 is 0.567 bits per heavy atom. The number of hydrogen-bond acceptors (Lipinski definition) is 0. The first-order valence-corrected chi connectivity index (χ1v) is 13.8. The Morgan fingerprint density at radius 3 is 1.83 bits per heavy atom. The number of hydrogen-bond donors (Lipinski definition) is 0. The van der Waals surface area contributed by atoms with Gasteiger partial charge in [0.1, 0.15) is 0 Å². The van der Waals surface area contributed by atoms with E-state index in [9.17, 15) is 0 Å². The monoisotopic (exact) mass is 412 g/mol. The number of rotatable bonds is 0. The third-order valence-corrected chi connectivity index (χ3v) is 13.8. The van der Waals surface area contributed by atoms with Crippen molar-refractivity contribution in [3.63, 3.8) is 0 Å². The minimum Gasteiger partial charge on any atom is -0.0617 e. The molecule has 0 heterocycles. The van der Waals surface area contributed by atoms with Gasteiger partial charge in [0, 0.05) is 0 Å². The van der Waals surface area contributed by atoms with Crippen LogP contribution in [-0.4, -0.2) is 0 Å². The fraction of sp³-hybridized carbons (Fsp3) is 1.00. The van der Waals surface area contributed by atoms with Gasteiger partial charge in [0.2, 0.25) is 0 Å². The van der Waals surface area contributed by atoms with Crippen LogP contribution in [0, 0.1) is 56.2 Å². The van der Waals surface area contributed by atoms with Crippen LogP contribution in [0.3, 0.4) is 0 Å². The second-order valence-electron chi connectivity index (χ2n) is 15.4. The third kappa shape index (κ3) is 2.58. The summed E-state index contributed by atoms with van der Waals surface area (Å²) in [5.41, 5.74) is 3.55. The van der Waals surface area contributed by atoms with Crippen molar-refractivity contribution in [2.75, 3.05) is 0 Å². The van der Waals surface area contributed by atoms with Gasteiger partial charge >= 0.3 is 0 Å². The van der Waals surface area contributed by atoms with Gasteiger partial charge in [-0.25, -0.2) is 0 Å². The molecule has 0 nitrogen and oxygen atoms in total. The molecule has 0 amide bonds. The van der Waals surface area contributed by atoms with Gasteiger partial charge in [-0.1, -0.05) is 61.8 Å². The molecular formula is C30H52. The molecule has 5 saturated carbocycles. The molecule has 172 valence electrons. The van der Waals surface area contributed by atoms with Gasteiger partial charge in [0.25, 0.3) is 0 Å². The van der Waals surface area contributed by atoms with Gasteiger partial charge in [-0.3, -0.25) is 0 Å². The Balaban J connectivity index is 1.50. The highest BCUT2D eigenvalue weighted by Gasteiger charge is 2.68. The van der Waals surface area contributed by atoms with Gasteiger partial charge in [-0.05, 0) is 127 Å². The normalized spacial score (nSPS) is 56.8. The lowest BCUT2D eigenvalue weighted by molar-refractivity contribution is -0.227. The maximum absolute atomic E-state index is 2.80. The van der Waals surface area contributed by atoms with Crippen molar-refractivity contribution in [1.29, 1.82) is 0 Å². The van der Waals surface area contributed by atoms with Gasteiger partial charge in [-0.15, -0.1) is 0 Å². The van der Waals surface area contributed by atoms with Gasteiger partial charge in [0.05, 0.1) is 0 Å². The highest BCUT2D eigenvalue weighted by Crippen LogP contribution is 2.76. The molecule has 8 atom stereocenters. The second kappa shape index (κ2) is 6.32. The predicted molar refractivity (Wildman–Crippen MR) is 129 cm³/mol. The first-order valence-electron chi connectivity index (χ1n) is 13.8. The van der Waals surface area contributed by atoms with E-state index in [0.717, 1.165) is 23.7 Å². The average Bonchev–Trinajstić information content (AvgIpc) is 2.96. The van der Waals surface area contributed by atoms with Crippen molar-refractivity contribution >= 4 is 0 Å². The lowest BCUT2D eigenvalue weighted by atomic mass is 9.33. The van der Waals surface area contributed by atoms with E-state index in [2.05, 4.69) is 55.4 Å². The van der Waals surface area contributed by atoms with Crippen LogP contribution in [0.4, 0.5) is 0 Å². The molecule has 0 radical (unpaired) electrons. The van der Waals surface area contributed by atoms with Gasteiger partial charge in [-0.2, -0.15) is 0 Å². The van der Waals surface area contributed by atoms with E-state index >= 15 is 0 Å². The first-order chi connectivity index (χ1) is 13.8. The molecule has 0 aromatic heterocycles. The van der Waals surface area contributed by atoms with Crippen LogP contribution >= 0.6 is 0 Å². The van der Waals surface area contributed by atoms with Crippen LogP contribution in [0.1, 0.15) is 132 Å². The summed E-state index contributed by atoms with van der Waals surface area (Å²) < 4.78 is 0. The summed E-state index contributed by atoms with van der Waals surface area (Å²) in [4.78, 5) is 0. The summed E-state index contributed by atoms with van der Waals surface area (Å²) in [6.45, 7) is 21.4. The molecule has 0 aromatic carbocycles. The molecule has 1 spiro atoms. The van der Waals surface area contributed by atoms with Crippen LogP contribution in [0.25, 0.3) is 0 Å². The summed E-state index contributed by atoms with van der Waals surface area (Å²) in [5, 5.41) is 0. The zero-order chi connectivity index (χ0) is 21.8. The predicted octanol–water partition coefficient (Wildman–Crippen LogP) is 9.28. The second-order valence-corrected chi connectivity index (χ2v) is 15.4. The van der Waals surface area contributed by atoms with E-state index in [4.69, 9.17) is 0 Å². The van der Waals surface area contributed by atoms with Gasteiger partial charge < -0.3 is 0 Å². The molecule has 0 bridgehead atoms. The summed E-state index contributed by atoms with van der Waals surface area (Å²) in [5.74, 6) is 3.84. The molecule has 5 aliphatic carbocycles. The summed E-state index contributed by atoms with van der Waals surface area (Å²) in [6.07, 6.45) is 18.0. The molecule has 0 aromatic rings. The Kier molecular flexibility index (Phi) is 4.59. The standard InChI is InChI=1S/C30H52/c1-21-22-10-11-23-24-20-25(2,3)14-15-27(24,6)16-17-29(23,8)28(22,7)18-19-30(21)13-9-12-26(30,4)5/h21-24H,9-20H2,1-8H3/t21-,22+,23+,24-,27+,28+,29+,30-/m0/s1. The average molecular weight is 413 g/mol. The van der Waals surface area contributed by atoms with Crippen molar-refractivity contribution in [3.05, 3.63) is 0 Å². The van der Waals surface area contributed by atoms with Crippen LogP contribution in [0.5, 0.6) is 0 Å². The van der Waals surface area contributed by atoms with Crippen molar-refractivity contribution in [1.82, 2.24) is 0 Å². The fourth-order valence-corrected chi connectivity index (χ4v) is 11.3. The van der Waals surface area contributed by atoms with Crippen molar-refractivity contribution in [2.24, 2.45) is 56.2 Å². The van der Waals surface area contributed by atoms with Crippen molar-refractivity contribution in [3.8, 4) is 0 Å². The van der Waals surface area contributed by atoms with E-state index in [-0.39, 0.29) is 0 Å². The molecular weight excluding hydrogens is 360 g/mol. The maximum atomic E-state index is 2.80. The third-order valence-electron chi connectivity index (χ3n) is 13.8. The summed E-state index contributed by atoms with van der Waals surface area (Å²) in [6, 6.07) is 0. The lowest BCUT2D eigenvalue weighted by Gasteiger charge is -2.71. The number of fused-ring (bicyclic) bond motifs is 5. The highest BCUT2D eigenvalue weighted by atomic mass is 14.7. The first kappa shape index (κ1) is 21.8. The Hall–Kier alpha value is 0. The van der Waals surface area contributed by atoms with Crippen LogP contribution < -0.4 is 0 Å². The van der Waals surface area contributed by atoms with Crippen LogP contribution in [-0.2, 0) is 0 Å². The molecule has 30 heavy (non-hydrogen) atoms. The fourth-order valence-electron chi connectivity index (χ4n) is 11.3.